The van der Waals surface area contributed by atoms with Crippen LogP contribution in [-0.4, -0.2) is 23.2 Å². The second kappa shape index (κ2) is 8.75. The third-order valence-corrected chi connectivity index (χ3v) is 4.46. The minimum atomic E-state index is -0.108. The van der Waals surface area contributed by atoms with Crippen LogP contribution in [0.3, 0.4) is 0 Å². The molecular formula is C18H18ClNO2S. The number of amides is 1. The fraction of sp³-hybridized carbons (Fsp3) is 0.222. The van der Waals surface area contributed by atoms with Crippen LogP contribution in [-0.2, 0) is 11.2 Å². The predicted octanol–water partition coefficient (Wildman–Crippen LogP) is 4.46. The lowest BCUT2D eigenvalue weighted by Crippen LogP contribution is -2.15. The third-order valence-electron chi connectivity index (χ3n) is 3.28. The van der Waals surface area contributed by atoms with Crippen molar-refractivity contribution in [3.05, 3.63) is 64.7 Å². The van der Waals surface area contributed by atoms with Gasteiger partial charge in [0.25, 0.3) is 0 Å². The fourth-order valence-corrected chi connectivity index (χ4v) is 2.81. The number of hydrogen-bond acceptors (Lipinski definition) is 3. The number of anilines is 1. The van der Waals surface area contributed by atoms with Gasteiger partial charge >= 0.3 is 0 Å². The zero-order valence-electron chi connectivity index (χ0n) is 12.8. The Hall–Kier alpha value is -1.78. The van der Waals surface area contributed by atoms with Gasteiger partial charge in [0.1, 0.15) is 0 Å². The van der Waals surface area contributed by atoms with Crippen LogP contribution in [0.1, 0.15) is 22.8 Å². The van der Waals surface area contributed by atoms with E-state index in [1.54, 1.807) is 24.3 Å². The predicted molar refractivity (Wildman–Crippen MR) is 97.6 cm³/mol. The maximum absolute atomic E-state index is 12.0. The first-order valence-corrected chi connectivity index (χ1v) is 8.87. The molecule has 0 aliphatic rings. The number of Topliss-reactive ketones (excluding diaryl/α,β-unsaturated/α-hetero) is 1. The van der Waals surface area contributed by atoms with E-state index in [4.69, 9.17) is 11.6 Å². The van der Waals surface area contributed by atoms with Gasteiger partial charge in [-0.25, -0.2) is 0 Å². The van der Waals surface area contributed by atoms with Crippen LogP contribution in [0, 0.1) is 0 Å². The van der Waals surface area contributed by atoms with Crippen molar-refractivity contribution in [3.63, 3.8) is 0 Å². The van der Waals surface area contributed by atoms with E-state index in [0.717, 1.165) is 12.1 Å². The molecule has 0 bridgehead atoms. The summed E-state index contributed by atoms with van der Waals surface area (Å²) in [6.45, 7) is 2.09. The second-order valence-electron chi connectivity index (χ2n) is 5.02. The van der Waals surface area contributed by atoms with E-state index < -0.39 is 0 Å². The number of ketones is 1. The first-order chi connectivity index (χ1) is 11.1. The Morgan fingerprint density at radius 3 is 2.26 bits per heavy atom. The van der Waals surface area contributed by atoms with Crippen LogP contribution >= 0.6 is 23.4 Å². The highest BCUT2D eigenvalue weighted by molar-refractivity contribution is 8.00. The molecule has 0 aliphatic carbocycles. The Morgan fingerprint density at radius 1 is 1.00 bits per heavy atom. The van der Waals surface area contributed by atoms with Gasteiger partial charge in [0, 0.05) is 16.3 Å². The molecule has 0 saturated carbocycles. The minimum absolute atomic E-state index is 0.00762. The maximum Gasteiger partial charge on any atom is 0.234 e. The SMILES string of the molecule is CCc1ccc(NC(=O)CSCC(=O)c2ccc(Cl)cc2)cc1. The van der Waals surface area contributed by atoms with E-state index in [-0.39, 0.29) is 23.2 Å². The monoisotopic (exact) mass is 347 g/mol. The number of carbonyl (C=O) groups is 2. The van der Waals surface area contributed by atoms with Gasteiger partial charge < -0.3 is 5.32 Å². The molecule has 3 nitrogen and oxygen atoms in total. The van der Waals surface area contributed by atoms with Gasteiger partial charge in [-0.05, 0) is 48.4 Å². The molecule has 0 aliphatic heterocycles. The number of halogens is 1. The second-order valence-corrected chi connectivity index (χ2v) is 6.44. The molecule has 2 aromatic carbocycles. The van der Waals surface area contributed by atoms with Crippen molar-refractivity contribution in [1.29, 1.82) is 0 Å². The summed E-state index contributed by atoms with van der Waals surface area (Å²) in [5, 5.41) is 3.43. The van der Waals surface area contributed by atoms with Crippen molar-refractivity contribution < 1.29 is 9.59 Å². The summed E-state index contributed by atoms with van der Waals surface area (Å²) in [6.07, 6.45) is 0.969. The molecule has 0 radical (unpaired) electrons. The molecule has 5 heteroatoms. The van der Waals surface area contributed by atoms with Crippen molar-refractivity contribution in [2.75, 3.05) is 16.8 Å². The Bertz CT molecular complexity index is 668. The lowest BCUT2D eigenvalue weighted by Gasteiger charge is -2.06. The van der Waals surface area contributed by atoms with E-state index in [9.17, 15) is 9.59 Å². The molecule has 120 valence electrons. The van der Waals surface area contributed by atoms with E-state index in [0.29, 0.717) is 10.6 Å². The molecule has 2 aromatic rings. The Morgan fingerprint density at radius 2 is 1.65 bits per heavy atom. The topological polar surface area (TPSA) is 46.2 Å². The molecular weight excluding hydrogens is 330 g/mol. The van der Waals surface area contributed by atoms with Crippen LogP contribution in [0.5, 0.6) is 0 Å². The van der Waals surface area contributed by atoms with Gasteiger partial charge in [0.15, 0.2) is 5.78 Å². The average Bonchev–Trinajstić information content (AvgIpc) is 2.56. The van der Waals surface area contributed by atoms with Crippen LogP contribution in [0.15, 0.2) is 48.5 Å². The standard InChI is InChI=1S/C18H18ClNO2S/c1-2-13-3-9-16(10-4-13)20-18(22)12-23-11-17(21)14-5-7-15(19)8-6-14/h3-10H,2,11-12H2,1H3,(H,20,22). The summed E-state index contributed by atoms with van der Waals surface area (Å²) in [5.41, 5.74) is 2.61. The summed E-state index contributed by atoms with van der Waals surface area (Å²) in [5.74, 6) is 0.397. The minimum Gasteiger partial charge on any atom is -0.325 e. The molecule has 0 atom stereocenters. The van der Waals surface area contributed by atoms with Gasteiger partial charge in [0.05, 0.1) is 11.5 Å². The molecule has 1 amide bonds. The molecule has 0 aromatic heterocycles. The molecule has 23 heavy (non-hydrogen) atoms. The molecule has 2 rings (SSSR count). The third kappa shape index (κ3) is 5.73. The van der Waals surface area contributed by atoms with Crippen LogP contribution in [0.4, 0.5) is 5.69 Å². The Balaban J connectivity index is 1.75. The highest BCUT2D eigenvalue weighted by atomic mass is 35.5. The number of thioether (sulfide) groups is 1. The number of carbonyl (C=O) groups excluding carboxylic acids is 2. The summed E-state index contributed by atoms with van der Waals surface area (Å²) in [4.78, 5) is 23.8. The van der Waals surface area contributed by atoms with Crippen molar-refractivity contribution in [3.8, 4) is 0 Å². The average molecular weight is 348 g/mol. The van der Waals surface area contributed by atoms with Crippen molar-refractivity contribution in [2.45, 2.75) is 13.3 Å². The number of benzene rings is 2. The molecule has 0 unspecified atom stereocenters. The molecule has 0 heterocycles. The van der Waals surface area contributed by atoms with E-state index in [1.807, 2.05) is 24.3 Å². The summed E-state index contributed by atoms with van der Waals surface area (Å²) >= 11 is 7.09. The summed E-state index contributed by atoms with van der Waals surface area (Å²) < 4.78 is 0. The first-order valence-electron chi connectivity index (χ1n) is 7.34. The number of hydrogen-bond donors (Lipinski definition) is 1. The molecule has 0 spiro atoms. The molecule has 0 saturated heterocycles. The van der Waals surface area contributed by atoms with Crippen LogP contribution in [0.2, 0.25) is 5.02 Å². The number of nitrogens with one attached hydrogen (secondary N) is 1. The van der Waals surface area contributed by atoms with Crippen molar-refractivity contribution >= 4 is 40.7 Å². The molecule has 0 fully saturated rings. The number of aryl methyl sites for hydroxylation is 1. The summed E-state index contributed by atoms with van der Waals surface area (Å²) in [6, 6.07) is 14.5. The van der Waals surface area contributed by atoms with E-state index in [1.165, 1.54) is 17.3 Å². The smallest absolute Gasteiger partial charge is 0.234 e. The number of rotatable bonds is 7. The highest BCUT2D eigenvalue weighted by Crippen LogP contribution is 2.14. The van der Waals surface area contributed by atoms with Crippen molar-refractivity contribution in [1.82, 2.24) is 0 Å². The Kier molecular flexibility index (Phi) is 6.68. The summed E-state index contributed by atoms with van der Waals surface area (Å²) in [7, 11) is 0. The van der Waals surface area contributed by atoms with Gasteiger partial charge in [-0.15, -0.1) is 11.8 Å². The lowest BCUT2D eigenvalue weighted by atomic mass is 10.1. The van der Waals surface area contributed by atoms with E-state index in [2.05, 4.69) is 12.2 Å². The maximum atomic E-state index is 12.0. The lowest BCUT2D eigenvalue weighted by molar-refractivity contribution is -0.113. The largest absolute Gasteiger partial charge is 0.325 e. The molecule has 1 N–H and O–H groups in total. The van der Waals surface area contributed by atoms with Gasteiger partial charge in [-0.1, -0.05) is 30.7 Å². The zero-order valence-corrected chi connectivity index (χ0v) is 14.4. The van der Waals surface area contributed by atoms with Crippen LogP contribution < -0.4 is 5.32 Å². The van der Waals surface area contributed by atoms with Gasteiger partial charge in [-0.3, -0.25) is 9.59 Å². The fourth-order valence-electron chi connectivity index (χ4n) is 1.98. The quantitative estimate of drug-likeness (QED) is 0.752. The zero-order chi connectivity index (χ0) is 16.7. The van der Waals surface area contributed by atoms with Crippen LogP contribution in [0.25, 0.3) is 0 Å². The highest BCUT2D eigenvalue weighted by Gasteiger charge is 2.08. The first kappa shape index (κ1) is 17.6. The Labute approximate surface area is 145 Å². The van der Waals surface area contributed by atoms with Gasteiger partial charge in [-0.2, -0.15) is 0 Å². The normalized spacial score (nSPS) is 10.3. The van der Waals surface area contributed by atoms with Gasteiger partial charge in [0.2, 0.25) is 5.91 Å². The van der Waals surface area contributed by atoms with E-state index >= 15 is 0 Å². The van der Waals surface area contributed by atoms with Crippen molar-refractivity contribution in [2.24, 2.45) is 0 Å².